The van der Waals surface area contributed by atoms with E-state index < -0.39 is 0 Å². The third kappa shape index (κ3) is 7.70. The van der Waals surface area contributed by atoms with Crippen LogP contribution in [0.25, 0.3) is 11.3 Å². The Morgan fingerprint density at radius 2 is 2.12 bits per heavy atom. The van der Waals surface area contributed by atoms with Crippen LogP contribution in [0.4, 0.5) is 17.3 Å². The smallest absolute Gasteiger partial charge is 0.243 e. The third-order valence-corrected chi connectivity index (χ3v) is 7.29. The molecule has 6 bridgehead atoms. The van der Waals surface area contributed by atoms with Gasteiger partial charge in [-0.25, -0.2) is 9.97 Å². The number of likely N-dealkylation sites (N-methyl/N-ethyl adjacent to an activating group) is 1. The average Bonchev–Trinajstić information content (AvgIpc) is 3.40. The summed E-state index contributed by atoms with van der Waals surface area (Å²) in [7, 11) is 2.13. The largest absolute Gasteiger partial charge is 0.493 e. The minimum Gasteiger partial charge on any atom is -0.493 e. The molecule has 208 valence electrons. The molecule has 2 aromatic carbocycles. The van der Waals surface area contributed by atoms with Gasteiger partial charge in [0.15, 0.2) is 0 Å². The number of aromatic nitrogens is 2. The van der Waals surface area contributed by atoms with Crippen molar-refractivity contribution in [2.24, 2.45) is 5.92 Å². The lowest BCUT2D eigenvalue weighted by Crippen LogP contribution is -2.31. The first-order valence-corrected chi connectivity index (χ1v) is 14.0. The summed E-state index contributed by atoms with van der Waals surface area (Å²) in [5.41, 5.74) is 4.99. The van der Waals surface area contributed by atoms with Gasteiger partial charge in [0.1, 0.15) is 5.75 Å². The summed E-state index contributed by atoms with van der Waals surface area (Å²) < 4.78 is 5.97. The summed E-state index contributed by atoms with van der Waals surface area (Å²) in [4.78, 5) is 23.3. The standard InChI is InChI=1S/C32H38N6O2/c1-3-31(39)35-26-11-10-23(16-26)21-34-27-17-24-18-28(20-27)36-32-33-13-12-30(37-32)25-8-7-9-29(19-25)40-15-6-4-5-14-38(2)22-24/h3-5,7-9,12-13,17-20,23,26,34H,1,6,10-11,14-16,21-22H2,2H3,(H,35,39)(H,33,36,37)/b5-4+. The molecule has 0 spiro atoms. The fourth-order valence-electron chi connectivity index (χ4n) is 5.32. The summed E-state index contributed by atoms with van der Waals surface area (Å²) in [5.74, 6) is 1.78. The van der Waals surface area contributed by atoms with Crippen molar-refractivity contribution in [2.75, 3.05) is 37.4 Å². The number of nitrogens with one attached hydrogen (secondary N) is 3. The lowest BCUT2D eigenvalue weighted by molar-refractivity contribution is -0.117. The Balaban J connectivity index is 1.36. The first-order valence-electron chi connectivity index (χ1n) is 14.0. The molecule has 1 aliphatic heterocycles. The topological polar surface area (TPSA) is 91.4 Å². The zero-order valence-electron chi connectivity index (χ0n) is 23.1. The van der Waals surface area contributed by atoms with Crippen LogP contribution in [0.15, 0.2) is 79.5 Å². The number of rotatable bonds is 5. The number of hydrogen-bond donors (Lipinski definition) is 3. The van der Waals surface area contributed by atoms with Crippen LogP contribution < -0.4 is 20.7 Å². The Morgan fingerprint density at radius 3 is 3.02 bits per heavy atom. The van der Waals surface area contributed by atoms with E-state index in [1.807, 2.05) is 30.3 Å². The van der Waals surface area contributed by atoms with Crippen molar-refractivity contribution < 1.29 is 9.53 Å². The third-order valence-electron chi connectivity index (χ3n) is 7.29. The molecule has 40 heavy (non-hydrogen) atoms. The van der Waals surface area contributed by atoms with Gasteiger partial charge in [0.2, 0.25) is 11.9 Å². The molecule has 3 aromatic rings. The normalized spacial score (nSPS) is 20.2. The van der Waals surface area contributed by atoms with Crippen molar-refractivity contribution in [3.8, 4) is 17.0 Å². The van der Waals surface area contributed by atoms with Crippen molar-refractivity contribution in [1.82, 2.24) is 20.2 Å². The van der Waals surface area contributed by atoms with E-state index in [9.17, 15) is 4.79 Å². The molecule has 2 aliphatic rings. The highest BCUT2D eigenvalue weighted by Crippen LogP contribution is 2.29. The number of carbonyl (C=O) groups is 1. The molecular weight excluding hydrogens is 500 g/mol. The summed E-state index contributed by atoms with van der Waals surface area (Å²) in [6, 6.07) is 16.6. The van der Waals surface area contributed by atoms with Crippen molar-refractivity contribution in [1.29, 1.82) is 0 Å². The molecule has 1 amide bonds. The van der Waals surface area contributed by atoms with Crippen molar-refractivity contribution in [2.45, 2.75) is 38.3 Å². The van der Waals surface area contributed by atoms with Gasteiger partial charge < -0.3 is 20.7 Å². The Labute approximate surface area is 236 Å². The minimum atomic E-state index is -0.0921. The molecular formula is C32H38N6O2. The Kier molecular flexibility index (Phi) is 9.08. The van der Waals surface area contributed by atoms with Gasteiger partial charge in [0, 0.05) is 48.8 Å². The Bertz CT molecular complexity index is 1360. The SMILES string of the molecule is C=CC(=O)NC1CCC(CNc2cc3cc(c2)Nc2nccc(n2)-c2cccc(c2)OCC/C=C/CN(C)C3)C1. The van der Waals surface area contributed by atoms with E-state index >= 15 is 0 Å². The van der Waals surface area contributed by atoms with E-state index in [1.54, 1.807) is 6.20 Å². The van der Waals surface area contributed by atoms with Gasteiger partial charge in [-0.15, -0.1) is 0 Å². The van der Waals surface area contributed by atoms with E-state index in [0.717, 1.165) is 73.7 Å². The van der Waals surface area contributed by atoms with Gasteiger partial charge in [0.05, 0.1) is 12.3 Å². The average molecular weight is 539 g/mol. The second kappa shape index (κ2) is 13.3. The molecule has 8 nitrogen and oxygen atoms in total. The number of benzene rings is 2. The first kappa shape index (κ1) is 27.4. The molecule has 1 aromatic heterocycles. The number of anilines is 3. The van der Waals surface area contributed by atoms with Crippen LogP contribution in [0.1, 0.15) is 31.2 Å². The van der Waals surface area contributed by atoms with Crippen LogP contribution in [0, 0.1) is 5.92 Å². The van der Waals surface area contributed by atoms with E-state index in [0.29, 0.717) is 18.5 Å². The van der Waals surface area contributed by atoms with Gasteiger partial charge >= 0.3 is 0 Å². The van der Waals surface area contributed by atoms with Gasteiger partial charge in [-0.2, -0.15) is 0 Å². The number of fused-ring (bicyclic) bond motifs is 7. The number of amides is 1. The number of carbonyl (C=O) groups excluding carboxylic acids is 1. The highest BCUT2D eigenvalue weighted by Gasteiger charge is 2.25. The summed E-state index contributed by atoms with van der Waals surface area (Å²) in [6.07, 6.45) is 11.4. The zero-order valence-corrected chi connectivity index (χ0v) is 23.1. The molecule has 1 fully saturated rings. The molecule has 3 N–H and O–H groups in total. The van der Waals surface area contributed by atoms with Crippen LogP contribution in [0.3, 0.4) is 0 Å². The number of ether oxygens (including phenoxy) is 1. The van der Waals surface area contributed by atoms with E-state index in [1.165, 1.54) is 11.6 Å². The number of hydrogen-bond acceptors (Lipinski definition) is 7. The molecule has 5 rings (SSSR count). The maximum absolute atomic E-state index is 11.7. The summed E-state index contributed by atoms with van der Waals surface area (Å²) in [6.45, 7) is 6.69. The highest BCUT2D eigenvalue weighted by molar-refractivity contribution is 5.87. The molecule has 0 radical (unpaired) electrons. The Hall–Kier alpha value is -4.17. The van der Waals surface area contributed by atoms with Crippen LogP contribution in [0.2, 0.25) is 0 Å². The van der Waals surface area contributed by atoms with Crippen LogP contribution in [-0.4, -0.2) is 53.6 Å². The molecule has 1 aliphatic carbocycles. The quantitative estimate of drug-likeness (QED) is 0.290. The van der Waals surface area contributed by atoms with E-state index in [-0.39, 0.29) is 11.9 Å². The predicted molar refractivity (Wildman–Crippen MR) is 161 cm³/mol. The zero-order chi connectivity index (χ0) is 27.7. The molecule has 2 unspecified atom stereocenters. The summed E-state index contributed by atoms with van der Waals surface area (Å²) >= 11 is 0. The van der Waals surface area contributed by atoms with Crippen LogP contribution in [0.5, 0.6) is 5.75 Å². The molecule has 1 saturated carbocycles. The van der Waals surface area contributed by atoms with E-state index in [4.69, 9.17) is 9.72 Å². The second-order valence-electron chi connectivity index (χ2n) is 10.6. The molecule has 2 heterocycles. The van der Waals surface area contributed by atoms with Crippen molar-refractivity contribution in [3.05, 3.63) is 85.1 Å². The maximum atomic E-state index is 11.7. The minimum absolute atomic E-state index is 0.0921. The van der Waals surface area contributed by atoms with E-state index in [2.05, 4.69) is 69.8 Å². The first-order chi connectivity index (χ1) is 19.5. The van der Waals surface area contributed by atoms with Crippen LogP contribution >= 0.6 is 0 Å². The van der Waals surface area contributed by atoms with Gasteiger partial charge in [0.25, 0.3) is 0 Å². The van der Waals surface area contributed by atoms with Gasteiger partial charge in [-0.05, 0) is 86.7 Å². The van der Waals surface area contributed by atoms with Crippen molar-refractivity contribution >= 4 is 23.2 Å². The van der Waals surface area contributed by atoms with Gasteiger partial charge in [-0.3, -0.25) is 9.69 Å². The van der Waals surface area contributed by atoms with Crippen LogP contribution in [-0.2, 0) is 11.3 Å². The summed E-state index contributed by atoms with van der Waals surface area (Å²) in [5, 5.41) is 10.1. The lowest BCUT2D eigenvalue weighted by atomic mass is 10.1. The molecule has 2 atom stereocenters. The second-order valence-corrected chi connectivity index (χ2v) is 10.6. The van der Waals surface area contributed by atoms with Crippen molar-refractivity contribution in [3.63, 3.8) is 0 Å². The molecule has 8 heteroatoms. The maximum Gasteiger partial charge on any atom is 0.243 e. The lowest BCUT2D eigenvalue weighted by Gasteiger charge is -2.19. The fourth-order valence-corrected chi connectivity index (χ4v) is 5.32. The molecule has 0 saturated heterocycles. The monoisotopic (exact) mass is 538 g/mol. The Morgan fingerprint density at radius 1 is 1.20 bits per heavy atom. The highest BCUT2D eigenvalue weighted by atomic mass is 16.5. The number of nitrogens with zero attached hydrogens (tertiary/aromatic N) is 3. The fraction of sp³-hybridized carbons (Fsp3) is 0.344. The van der Waals surface area contributed by atoms with Gasteiger partial charge in [-0.1, -0.05) is 30.9 Å². The predicted octanol–water partition coefficient (Wildman–Crippen LogP) is 5.54.